The van der Waals surface area contributed by atoms with E-state index >= 15 is 0 Å². The number of rotatable bonds is 3. The van der Waals surface area contributed by atoms with Crippen molar-refractivity contribution in [2.75, 3.05) is 7.05 Å². The number of carbonyl (C=O) groups excluding carboxylic acids is 1. The molecule has 0 aromatic heterocycles. The van der Waals surface area contributed by atoms with E-state index in [1.165, 1.54) is 25.7 Å². The number of benzene rings is 1. The van der Waals surface area contributed by atoms with Crippen molar-refractivity contribution in [3.63, 3.8) is 0 Å². The number of nitrogens with one attached hydrogen (secondary N) is 1. The Kier molecular flexibility index (Phi) is 5.72. The maximum Gasteiger partial charge on any atom is 0.317 e. The van der Waals surface area contributed by atoms with Crippen molar-refractivity contribution in [2.24, 2.45) is 0 Å². The molecule has 1 aromatic carbocycles. The second-order valence-corrected chi connectivity index (χ2v) is 5.99. The van der Waals surface area contributed by atoms with Crippen LogP contribution in [0.4, 0.5) is 4.79 Å². The van der Waals surface area contributed by atoms with Gasteiger partial charge in [0.25, 0.3) is 0 Å². The number of hydrogen-bond donors (Lipinski definition) is 1. The summed E-state index contributed by atoms with van der Waals surface area (Å²) in [6, 6.07) is 7.98. The van der Waals surface area contributed by atoms with Crippen molar-refractivity contribution in [3.05, 3.63) is 34.9 Å². The molecule has 0 radical (unpaired) electrons. The highest BCUT2D eigenvalue weighted by Gasteiger charge is 2.17. The first-order valence-electron chi connectivity index (χ1n) is 7.42. The lowest BCUT2D eigenvalue weighted by Crippen LogP contribution is -2.42. The first-order valence-corrected chi connectivity index (χ1v) is 7.79. The lowest BCUT2D eigenvalue weighted by molar-refractivity contribution is 0.201. The van der Waals surface area contributed by atoms with Crippen LogP contribution in [0, 0.1) is 0 Å². The number of hydrogen-bond acceptors (Lipinski definition) is 1. The van der Waals surface area contributed by atoms with E-state index in [0.717, 1.165) is 18.4 Å². The lowest BCUT2D eigenvalue weighted by Gasteiger charge is -2.23. The molecular formula is C16H23ClN2O. The second kappa shape index (κ2) is 7.53. The Hall–Kier alpha value is -1.22. The van der Waals surface area contributed by atoms with Crippen molar-refractivity contribution < 1.29 is 4.79 Å². The molecule has 110 valence electrons. The molecule has 0 bridgehead atoms. The van der Waals surface area contributed by atoms with E-state index in [4.69, 9.17) is 11.6 Å². The summed E-state index contributed by atoms with van der Waals surface area (Å²) in [7, 11) is 1.81. The van der Waals surface area contributed by atoms with E-state index < -0.39 is 0 Å². The van der Waals surface area contributed by atoms with Crippen molar-refractivity contribution in [2.45, 2.75) is 51.1 Å². The summed E-state index contributed by atoms with van der Waals surface area (Å²) in [5.74, 6) is 0. The summed E-state index contributed by atoms with van der Waals surface area (Å²) in [6.45, 7) is 0.540. The maximum absolute atomic E-state index is 12.2. The average molecular weight is 295 g/mol. The Bertz CT molecular complexity index is 442. The number of halogens is 1. The molecule has 1 aromatic rings. The highest BCUT2D eigenvalue weighted by Crippen LogP contribution is 2.19. The number of nitrogens with zero attached hydrogens (tertiary/aromatic N) is 1. The summed E-state index contributed by atoms with van der Waals surface area (Å²) in [5.41, 5.74) is 0.979. The molecule has 1 fully saturated rings. The van der Waals surface area contributed by atoms with Gasteiger partial charge in [0.05, 0.1) is 0 Å². The molecule has 0 spiro atoms. The van der Waals surface area contributed by atoms with Gasteiger partial charge in [0.1, 0.15) is 0 Å². The minimum absolute atomic E-state index is 0.00294. The molecule has 3 nitrogen and oxygen atoms in total. The Morgan fingerprint density at radius 1 is 1.25 bits per heavy atom. The zero-order valence-corrected chi connectivity index (χ0v) is 12.8. The van der Waals surface area contributed by atoms with Gasteiger partial charge in [-0.2, -0.15) is 0 Å². The summed E-state index contributed by atoms with van der Waals surface area (Å²) in [6.07, 6.45) is 7.24. The van der Waals surface area contributed by atoms with Crippen LogP contribution in [0.2, 0.25) is 5.02 Å². The van der Waals surface area contributed by atoms with Gasteiger partial charge in [0.2, 0.25) is 0 Å². The van der Waals surface area contributed by atoms with E-state index in [9.17, 15) is 4.79 Å². The number of amides is 2. The van der Waals surface area contributed by atoms with Crippen LogP contribution in [0.1, 0.15) is 44.1 Å². The van der Waals surface area contributed by atoms with Crippen molar-refractivity contribution in [3.8, 4) is 0 Å². The Morgan fingerprint density at radius 2 is 1.90 bits per heavy atom. The van der Waals surface area contributed by atoms with E-state index in [2.05, 4.69) is 5.32 Å². The molecule has 1 N–H and O–H groups in total. The third-order valence-electron chi connectivity index (χ3n) is 3.89. The summed E-state index contributed by atoms with van der Waals surface area (Å²) in [5, 5.41) is 3.85. The standard InChI is InChI=1S/C16H23ClN2O/c1-19(12-13-8-6-7-11-15(13)17)16(20)18-14-9-4-2-3-5-10-14/h6-8,11,14H,2-5,9-10,12H2,1H3,(H,18,20). The van der Waals surface area contributed by atoms with Gasteiger partial charge in [0, 0.05) is 24.7 Å². The van der Waals surface area contributed by atoms with Crippen molar-refractivity contribution in [1.82, 2.24) is 10.2 Å². The van der Waals surface area contributed by atoms with E-state index in [-0.39, 0.29) is 6.03 Å². The highest BCUT2D eigenvalue weighted by molar-refractivity contribution is 6.31. The molecule has 0 heterocycles. The molecule has 4 heteroatoms. The molecule has 2 rings (SSSR count). The third kappa shape index (κ3) is 4.41. The van der Waals surface area contributed by atoms with Gasteiger partial charge in [-0.25, -0.2) is 4.79 Å². The van der Waals surface area contributed by atoms with Gasteiger partial charge in [-0.15, -0.1) is 0 Å². The topological polar surface area (TPSA) is 32.3 Å². The molecule has 20 heavy (non-hydrogen) atoms. The first kappa shape index (κ1) is 15.2. The van der Waals surface area contributed by atoms with E-state index in [1.54, 1.807) is 4.90 Å². The van der Waals surface area contributed by atoms with Gasteiger partial charge in [0.15, 0.2) is 0 Å². The SMILES string of the molecule is CN(Cc1ccccc1Cl)C(=O)NC1CCCCCC1. The van der Waals surface area contributed by atoms with Crippen LogP contribution in [0.25, 0.3) is 0 Å². The fourth-order valence-corrected chi connectivity index (χ4v) is 2.86. The maximum atomic E-state index is 12.2. The van der Waals surface area contributed by atoms with Crippen LogP contribution in [0.5, 0.6) is 0 Å². The number of urea groups is 1. The fraction of sp³-hybridized carbons (Fsp3) is 0.562. The summed E-state index contributed by atoms with van der Waals surface area (Å²) < 4.78 is 0. The van der Waals surface area contributed by atoms with Crippen LogP contribution in [0.3, 0.4) is 0 Å². The normalized spacial score (nSPS) is 16.5. The predicted octanol–water partition coefficient (Wildman–Crippen LogP) is 4.20. The van der Waals surface area contributed by atoms with Crippen LogP contribution >= 0.6 is 11.6 Å². The van der Waals surface area contributed by atoms with E-state index in [0.29, 0.717) is 17.6 Å². The van der Waals surface area contributed by atoms with Gasteiger partial charge in [-0.3, -0.25) is 0 Å². The molecule has 0 unspecified atom stereocenters. The molecule has 0 aliphatic heterocycles. The van der Waals surface area contributed by atoms with Gasteiger partial charge in [-0.05, 0) is 24.5 Å². The molecule has 1 aliphatic carbocycles. The molecule has 1 aliphatic rings. The minimum atomic E-state index is -0.00294. The zero-order valence-electron chi connectivity index (χ0n) is 12.1. The van der Waals surface area contributed by atoms with Crippen LogP contribution < -0.4 is 5.32 Å². The second-order valence-electron chi connectivity index (χ2n) is 5.59. The predicted molar refractivity (Wildman–Crippen MR) is 82.9 cm³/mol. The summed E-state index contributed by atoms with van der Waals surface area (Å²) >= 11 is 6.13. The van der Waals surface area contributed by atoms with Crippen LogP contribution in [0.15, 0.2) is 24.3 Å². The zero-order chi connectivity index (χ0) is 14.4. The quantitative estimate of drug-likeness (QED) is 0.832. The molecule has 0 saturated heterocycles. The molecular weight excluding hydrogens is 272 g/mol. The van der Waals surface area contributed by atoms with E-state index in [1.807, 2.05) is 31.3 Å². The van der Waals surface area contributed by atoms with Crippen LogP contribution in [-0.2, 0) is 6.54 Å². The van der Waals surface area contributed by atoms with Gasteiger partial charge in [-0.1, -0.05) is 55.5 Å². The molecule has 1 saturated carbocycles. The smallest absolute Gasteiger partial charge is 0.317 e. The lowest BCUT2D eigenvalue weighted by atomic mass is 10.1. The van der Waals surface area contributed by atoms with Crippen LogP contribution in [-0.4, -0.2) is 24.0 Å². The molecule has 2 amide bonds. The summed E-state index contributed by atoms with van der Waals surface area (Å²) in [4.78, 5) is 13.9. The van der Waals surface area contributed by atoms with Crippen molar-refractivity contribution >= 4 is 17.6 Å². The minimum Gasteiger partial charge on any atom is -0.335 e. The largest absolute Gasteiger partial charge is 0.335 e. The molecule has 0 atom stereocenters. The Labute approximate surface area is 126 Å². The first-order chi connectivity index (χ1) is 9.66. The monoisotopic (exact) mass is 294 g/mol. The Balaban J connectivity index is 1.87. The van der Waals surface area contributed by atoms with Gasteiger partial charge >= 0.3 is 6.03 Å². The highest BCUT2D eigenvalue weighted by atomic mass is 35.5. The third-order valence-corrected chi connectivity index (χ3v) is 4.26. The Morgan fingerprint density at radius 3 is 2.55 bits per heavy atom. The van der Waals surface area contributed by atoms with Gasteiger partial charge < -0.3 is 10.2 Å². The van der Waals surface area contributed by atoms with Crippen molar-refractivity contribution in [1.29, 1.82) is 0 Å². The average Bonchev–Trinajstić information content (AvgIpc) is 2.70. The fourth-order valence-electron chi connectivity index (χ4n) is 2.66. The number of carbonyl (C=O) groups is 1.